The van der Waals surface area contributed by atoms with Crippen LogP contribution < -0.4 is 19.7 Å². The van der Waals surface area contributed by atoms with Gasteiger partial charge < -0.3 is 19.7 Å². The molecule has 5 nitrogen and oxygen atoms in total. The van der Waals surface area contributed by atoms with Crippen LogP contribution in [0.25, 0.3) is 0 Å². The maximum absolute atomic E-state index is 11.2. The van der Waals surface area contributed by atoms with Gasteiger partial charge in [-0.25, -0.2) is 0 Å². The number of benzene rings is 2. The van der Waals surface area contributed by atoms with E-state index in [0.29, 0.717) is 0 Å². The summed E-state index contributed by atoms with van der Waals surface area (Å²) < 4.78 is 12.0. The molecule has 0 bridgehead atoms. The van der Waals surface area contributed by atoms with Crippen LogP contribution in [0, 0.1) is 0 Å². The van der Waals surface area contributed by atoms with Crippen LogP contribution in [0.15, 0.2) is 42.5 Å². The van der Waals surface area contributed by atoms with Gasteiger partial charge in [-0.2, -0.15) is 0 Å². The van der Waals surface area contributed by atoms with Crippen molar-refractivity contribution in [2.45, 2.75) is 51.7 Å². The van der Waals surface area contributed by atoms with Crippen LogP contribution in [-0.4, -0.2) is 31.7 Å². The van der Waals surface area contributed by atoms with Crippen molar-refractivity contribution in [2.75, 3.05) is 24.6 Å². The smallest absolute Gasteiger partial charge is 0.217 e. The number of amides is 1. The molecule has 1 saturated heterocycles. The van der Waals surface area contributed by atoms with Gasteiger partial charge in [-0.1, -0.05) is 26.0 Å². The highest BCUT2D eigenvalue weighted by Crippen LogP contribution is 2.40. The second-order valence-electron chi connectivity index (χ2n) is 8.82. The van der Waals surface area contributed by atoms with Gasteiger partial charge in [0.2, 0.25) is 5.91 Å². The van der Waals surface area contributed by atoms with Crippen LogP contribution >= 0.6 is 0 Å². The lowest BCUT2D eigenvalue weighted by Crippen LogP contribution is -2.25. The fraction of sp³-hybridized carbons (Fsp3) is 0.458. The Balaban J connectivity index is 1.38. The van der Waals surface area contributed by atoms with E-state index in [1.165, 1.54) is 18.2 Å². The van der Waals surface area contributed by atoms with E-state index in [9.17, 15) is 4.79 Å². The van der Waals surface area contributed by atoms with Gasteiger partial charge in [-0.15, -0.1) is 0 Å². The van der Waals surface area contributed by atoms with Gasteiger partial charge in [0.1, 0.15) is 17.6 Å². The zero-order valence-electron chi connectivity index (χ0n) is 17.7. The average Bonchev–Trinajstić information content (AvgIpc) is 3.26. The minimum Gasteiger partial charge on any atom is -0.492 e. The molecule has 2 atom stereocenters. The van der Waals surface area contributed by atoms with Crippen molar-refractivity contribution in [2.24, 2.45) is 0 Å². The molecule has 0 saturated carbocycles. The van der Waals surface area contributed by atoms with E-state index in [1.54, 1.807) is 0 Å². The van der Waals surface area contributed by atoms with Gasteiger partial charge >= 0.3 is 0 Å². The molecular weight excluding hydrogens is 364 g/mol. The lowest BCUT2D eigenvalue weighted by molar-refractivity contribution is -0.119. The first-order valence-corrected chi connectivity index (χ1v) is 10.4. The van der Waals surface area contributed by atoms with Gasteiger partial charge in [0, 0.05) is 36.6 Å². The molecule has 0 radical (unpaired) electrons. The van der Waals surface area contributed by atoms with Gasteiger partial charge in [0.05, 0.1) is 19.2 Å². The molecule has 154 valence electrons. The van der Waals surface area contributed by atoms with Crippen LogP contribution in [-0.2, 0) is 10.2 Å². The number of hydrogen-bond donors (Lipinski definition) is 1. The molecule has 2 heterocycles. The maximum atomic E-state index is 11.2. The van der Waals surface area contributed by atoms with Gasteiger partial charge in [-0.3, -0.25) is 4.79 Å². The van der Waals surface area contributed by atoms with Crippen molar-refractivity contribution >= 4 is 11.6 Å². The normalized spacial score (nSPS) is 20.7. The molecule has 2 aromatic carbocycles. The summed E-state index contributed by atoms with van der Waals surface area (Å²) in [6.45, 7) is 10.6. The van der Waals surface area contributed by atoms with Crippen molar-refractivity contribution in [1.82, 2.24) is 5.32 Å². The molecule has 1 N–H and O–H groups in total. The highest BCUT2D eigenvalue weighted by molar-refractivity contribution is 5.73. The summed E-state index contributed by atoms with van der Waals surface area (Å²) >= 11 is 0. The summed E-state index contributed by atoms with van der Waals surface area (Å²) in [7, 11) is 0. The Bertz CT molecular complexity index is 891. The number of nitrogens with zero attached hydrogens (tertiary/aromatic N) is 1. The van der Waals surface area contributed by atoms with Crippen molar-refractivity contribution < 1.29 is 14.3 Å². The molecule has 0 unspecified atom stereocenters. The summed E-state index contributed by atoms with van der Waals surface area (Å²) in [5.41, 5.74) is 3.68. The summed E-state index contributed by atoms with van der Waals surface area (Å²) in [4.78, 5) is 13.6. The van der Waals surface area contributed by atoms with Crippen LogP contribution in [0.3, 0.4) is 0 Å². The Hall–Kier alpha value is -2.69. The predicted octanol–water partition coefficient (Wildman–Crippen LogP) is 4.21. The largest absolute Gasteiger partial charge is 0.492 e. The third-order valence-corrected chi connectivity index (χ3v) is 5.89. The zero-order valence-corrected chi connectivity index (χ0v) is 17.7. The van der Waals surface area contributed by atoms with Gasteiger partial charge in [0.15, 0.2) is 0 Å². The first-order valence-electron chi connectivity index (χ1n) is 10.4. The second-order valence-corrected chi connectivity index (χ2v) is 8.82. The van der Waals surface area contributed by atoms with Crippen molar-refractivity contribution in [1.29, 1.82) is 0 Å². The standard InChI is InChI=1S/C24H30N2O3/c1-16(25-17(2)27)18-5-8-20(9-6-18)29-21-11-12-26(14-21)19-7-10-23-22(13-19)24(3,4)15-28-23/h5-10,13,16,21H,11-12,14-15H2,1-4H3,(H,25,27)/t16-,21+/m0/s1. The quantitative estimate of drug-likeness (QED) is 0.825. The number of fused-ring (bicyclic) bond motifs is 1. The Morgan fingerprint density at radius 2 is 2.00 bits per heavy atom. The van der Waals surface area contributed by atoms with E-state index < -0.39 is 0 Å². The molecule has 0 spiro atoms. The first kappa shape index (κ1) is 19.6. The summed E-state index contributed by atoms with van der Waals surface area (Å²) in [6, 6.07) is 14.6. The molecule has 0 aliphatic carbocycles. The molecular formula is C24H30N2O3. The minimum absolute atomic E-state index is 0.00318. The lowest BCUT2D eigenvalue weighted by atomic mass is 9.87. The average molecular weight is 395 g/mol. The maximum Gasteiger partial charge on any atom is 0.217 e. The van der Waals surface area contributed by atoms with Crippen LogP contribution in [0.4, 0.5) is 5.69 Å². The Morgan fingerprint density at radius 3 is 2.72 bits per heavy atom. The first-order chi connectivity index (χ1) is 13.8. The van der Waals surface area contributed by atoms with Crippen molar-refractivity contribution in [3.63, 3.8) is 0 Å². The minimum atomic E-state index is -0.0228. The number of ether oxygens (including phenoxy) is 2. The van der Waals surface area contributed by atoms with E-state index in [-0.39, 0.29) is 23.5 Å². The third-order valence-electron chi connectivity index (χ3n) is 5.89. The summed E-state index contributed by atoms with van der Waals surface area (Å²) in [6.07, 6.45) is 1.17. The van der Waals surface area contributed by atoms with Crippen LogP contribution in [0.5, 0.6) is 11.5 Å². The Kier molecular flexibility index (Phi) is 5.15. The topological polar surface area (TPSA) is 50.8 Å². The molecule has 5 heteroatoms. The summed E-state index contributed by atoms with van der Waals surface area (Å²) in [5.74, 6) is 1.86. The molecule has 2 aliphatic rings. The Morgan fingerprint density at radius 1 is 1.24 bits per heavy atom. The number of carbonyl (C=O) groups excluding carboxylic acids is 1. The second kappa shape index (κ2) is 7.62. The van der Waals surface area contributed by atoms with Gasteiger partial charge in [-0.05, 0) is 42.8 Å². The highest BCUT2D eigenvalue weighted by Gasteiger charge is 2.33. The summed E-state index contributed by atoms with van der Waals surface area (Å²) in [5, 5.41) is 2.90. The Labute approximate surface area is 173 Å². The number of rotatable bonds is 5. The van der Waals surface area contributed by atoms with Crippen LogP contribution in [0.1, 0.15) is 51.3 Å². The molecule has 0 aromatic heterocycles. The van der Waals surface area contributed by atoms with E-state index >= 15 is 0 Å². The van der Waals surface area contributed by atoms with Crippen molar-refractivity contribution in [3.8, 4) is 11.5 Å². The number of anilines is 1. The molecule has 2 aliphatic heterocycles. The predicted molar refractivity (Wildman–Crippen MR) is 115 cm³/mol. The highest BCUT2D eigenvalue weighted by atomic mass is 16.5. The van der Waals surface area contributed by atoms with Gasteiger partial charge in [0.25, 0.3) is 0 Å². The number of nitrogens with one attached hydrogen (secondary N) is 1. The van der Waals surface area contributed by atoms with Crippen molar-refractivity contribution in [3.05, 3.63) is 53.6 Å². The SMILES string of the molecule is CC(=O)N[C@@H](C)c1ccc(O[C@@H]2CCN(c3ccc4c(c3)C(C)(C)CO4)C2)cc1. The van der Waals surface area contributed by atoms with E-state index in [2.05, 4.69) is 42.3 Å². The van der Waals surface area contributed by atoms with E-state index in [0.717, 1.165) is 43.2 Å². The molecule has 1 fully saturated rings. The fourth-order valence-corrected chi connectivity index (χ4v) is 4.18. The molecule has 29 heavy (non-hydrogen) atoms. The number of hydrogen-bond acceptors (Lipinski definition) is 4. The lowest BCUT2D eigenvalue weighted by Gasteiger charge is -2.22. The fourth-order valence-electron chi connectivity index (χ4n) is 4.18. The monoisotopic (exact) mass is 394 g/mol. The van der Waals surface area contributed by atoms with E-state index in [1.807, 2.05) is 31.2 Å². The molecule has 4 rings (SSSR count). The third kappa shape index (κ3) is 4.19. The molecule has 1 amide bonds. The van der Waals surface area contributed by atoms with E-state index in [4.69, 9.17) is 9.47 Å². The zero-order chi connectivity index (χ0) is 20.6. The van der Waals surface area contributed by atoms with Crippen LogP contribution in [0.2, 0.25) is 0 Å². The number of carbonyl (C=O) groups is 1. The molecule has 2 aromatic rings.